The van der Waals surface area contributed by atoms with Gasteiger partial charge in [0.15, 0.2) is 0 Å². The number of fused-ring (bicyclic) bond motifs is 1. The summed E-state index contributed by atoms with van der Waals surface area (Å²) in [4.78, 5) is 0.388. The van der Waals surface area contributed by atoms with Crippen LogP contribution in [0.25, 0.3) is 0 Å². The van der Waals surface area contributed by atoms with Gasteiger partial charge in [0.25, 0.3) is 0 Å². The zero-order chi connectivity index (χ0) is 14.3. The second kappa shape index (κ2) is 5.32. The molecule has 1 heterocycles. The molecule has 110 valence electrons. The summed E-state index contributed by atoms with van der Waals surface area (Å²) >= 11 is 5.88. The molecule has 20 heavy (non-hydrogen) atoms. The standard InChI is InChI=1S/C15H20ClNO2S/c1-11-5-6-15(7-14(11)8-16)20(18,19)17-9-12-3-2-4-13(12)10-17/h5-7,12-13H,2-4,8-10H2,1H3. The van der Waals surface area contributed by atoms with Gasteiger partial charge in [-0.1, -0.05) is 12.5 Å². The van der Waals surface area contributed by atoms with Gasteiger partial charge in [-0.15, -0.1) is 11.6 Å². The molecule has 2 aliphatic rings. The number of benzene rings is 1. The average Bonchev–Trinajstić information content (AvgIpc) is 2.99. The third-order valence-corrected chi connectivity index (χ3v) is 6.91. The summed E-state index contributed by atoms with van der Waals surface area (Å²) in [7, 11) is -3.36. The molecule has 2 fully saturated rings. The molecule has 0 N–H and O–H groups in total. The molecule has 3 rings (SSSR count). The molecule has 1 aromatic carbocycles. The Balaban J connectivity index is 1.89. The van der Waals surface area contributed by atoms with E-state index in [0.29, 0.717) is 35.7 Å². The van der Waals surface area contributed by atoms with Crippen molar-refractivity contribution in [1.29, 1.82) is 0 Å². The van der Waals surface area contributed by atoms with Crippen LogP contribution in [0.4, 0.5) is 0 Å². The molecule has 1 saturated carbocycles. The fourth-order valence-electron chi connectivity index (χ4n) is 3.49. The maximum absolute atomic E-state index is 12.7. The van der Waals surface area contributed by atoms with E-state index in [1.165, 1.54) is 19.3 Å². The van der Waals surface area contributed by atoms with Gasteiger partial charge in [0.05, 0.1) is 4.90 Å². The predicted molar refractivity (Wildman–Crippen MR) is 80.3 cm³/mol. The second-order valence-electron chi connectivity index (χ2n) is 6.00. The molecule has 0 spiro atoms. The molecule has 0 aromatic heterocycles. The number of aryl methyl sites for hydroxylation is 1. The lowest BCUT2D eigenvalue weighted by Crippen LogP contribution is -2.29. The van der Waals surface area contributed by atoms with E-state index in [4.69, 9.17) is 11.6 Å². The van der Waals surface area contributed by atoms with Crippen LogP contribution in [0.5, 0.6) is 0 Å². The number of sulfonamides is 1. The highest BCUT2D eigenvalue weighted by Gasteiger charge is 2.41. The molecular weight excluding hydrogens is 294 g/mol. The highest BCUT2D eigenvalue weighted by Crippen LogP contribution is 2.39. The van der Waals surface area contributed by atoms with E-state index >= 15 is 0 Å². The SMILES string of the molecule is Cc1ccc(S(=O)(=O)N2CC3CCCC3C2)cc1CCl. The smallest absolute Gasteiger partial charge is 0.207 e. The zero-order valence-electron chi connectivity index (χ0n) is 11.7. The monoisotopic (exact) mass is 313 g/mol. The first-order valence-electron chi connectivity index (χ1n) is 7.18. The Morgan fingerprint density at radius 1 is 1.25 bits per heavy atom. The summed E-state index contributed by atoms with van der Waals surface area (Å²) in [6.07, 6.45) is 3.61. The van der Waals surface area contributed by atoms with Gasteiger partial charge in [0.2, 0.25) is 10.0 Å². The van der Waals surface area contributed by atoms with Crippen LogP contribution in [0.15, 0.2) is 23.1 Å². The Bertz CT molecular complexity index is 602. The maximum Gasteiger partial charge on any atom is 0.243 e. The molecule has 1 saturated heterocycles. The first kappa shape index (κ1) is 14.4. The van der Waals surface area contributed by atoms with Crippen molar-refractivity contribution in [2.45, 2.75) is 37.0 Å². The third-order valence-electron chi connectivity index (χ3n) is 4.80. The molecule has 0 radical (unpaired) electrons. The molecule has 3 nitrogen and oxygen atoms in total. The van der Waals surface area contributed by atoms with Gasteiger partial charge >= 0.3 is 0 Å². The first-order valence-corrected chi connectivity index (χ1v) is 9.15. The topological polar surface area (TPSA) is 37.4 Å². The average molecular weight is 314 g/mol. The van der Waals surface area contributed by atoms with Crippen LogP contribution in [0.1, 0.15) is 30.4 Å². The van der Waals surface area contributed by atoms with Crippen molar-refractivity contribution in [2.24, 2.45) is 11.8 Å². The van der Waals surface area contributed by atoms with Crippen molar-refractivity contribution >= 4 is 21.6 Å². The van der Waals surface area contributed by atoms with Crippen LogP contribution < -0.4 is 0 Å². The summed E-state index contributed by atoms with van der Waals surface area (Å²) in [5, 5.41) is 0. The molecule has 1 aliphatic carbocycles. The van der Waals surface area contributed by atoms with E-state index < -0.39 is 10.0 Å². The zero-order valence-corrected chi connectivity index (χ0v) is 13.3. The Morgan fingerprint density at radius 3 is 2.50 bits per heavy atom. The van der Waals surface area contributed by atoms with Crippen molar-refractivity contribution in [3.63, 3.8) is 0 Å². The van der Waals surface area contributed by atoms with Crippen molar-refractivity contribution < 1.29 is 8.42 Å². The lowest BCUT2D eigenvalue weighted by Gasteiger charge is -2.18. The van der Waals surface area contributed by atoms with Crippen molar-refractivity contribution in [3.8, 4) is 0 Å². The van der Waals surface area contributed by atoms with E-state index in [0.717, 1.165) is 11.1 Å². The van der Waals surface area contributed by atoms with Crippen LogP contribution in [-0.4, -0.2) is 25.8 Å². The van der Waals surface area contributed by atoms with Crippen molar-refractivity contribution in [2.75, 3.05) is 13.1 Å². The second-order valence-corrected chi connectivity index (χ2v) is 8.20. The van der Waals surface area contributed by atoms with Gasteiger partial charge in [0, 0.05) is 19.0 Å². The lowest BCUT2D eigenvalue weighted by molar-refractivity contribution is 0.445. The van der Waals surface area contributed by atoms with Gasteiger partial charge in [0.1, 0.15) is 0 Å². The van der Waals surface area contributed by atoms with E-state index in [9.17, 15) is 8.42 Å². The van der Waals surface area contributed by atoms with Crippen LogP contribution in [-0.2, 0) is 15.9 Å². The molecule has 5 heteroatoms. The van der Waals surface area contributed by atoms with E-state index in [2.05, 4.69) is 0 Å². The number of alkyl halides is 1. The summed E-state index contributed by atoms with van der Waals surface area (Å²) in [6, 6.07) is 5.28. The van der Waals surface area contributed by atoms with Gasteiger partial charge < -0.3 is 0 Å². The van der Waals surface area contributed by atoms with E-state index in [1.54, 1.807) is 16.4 Å². The molecule has 0 bridgehead atoms. The lowest BCUT2D eigenvalue weighted by atomic mass is 10.0. The van der Waals surface area contributed by atoms with Crippen LogP contribution in [0.3, 0.4) is 0 Å². The number of halogens is 1. The third kappa shape index (κ3) is 2.38. The number of hydrogen-bond acceptors (Lipinski definition) is 2. The van der Waals surface area contributed by atoms with Crippen molar-refractivity contribution in [1.82, 2.24) is 4.31 Å². The van der Waals surface area contributed by atoms with E-state index in [-0.39, 0.29) is 0 Å². The maximum atomic E-state index is 12.7. The normalized spacial score (nSPS) is 26.9. The Hall–Kier alpha value is -0.580. The van der Waals surface area contributed by atoms with Gasteiger partial charge in [-0.25, -0.2) is 8.42 Å². The van der Waals surface area contributed by atoms with E-state index in [1.807, 2.05) is 13.0 Å². The van der Waals surface area contributed by atoms with Crippen LogP contribution in [0, 0.1) is 18.8 Å². The summed E-state index contributed by atoms with van der Waals surface area (Å²) in [6.45, 7) is 3.34. The fraction of sp³-hybridized carbons (Fsp3) is 0.600. The van der Waals surface area contributed by atoms with Crippen molar-refractivity contribution in [3.05, 3.63) is 29.3 Å². The Morgan fingerprint density at radius 2 is 1.90 bits per heavy atom. The molecule has 2 atom stereocenters. The largest absolute Gasteiger partial charge is 0.243 e. The molecule has 1 aromatic rings. The number of hydrogen-bond donors (Lipinski definition) is 0. The molecule has 1 aliphatic heterocycles. The summed E-state index contributed by atoms with van der Waals surface area (Å²) in [5.41, 5.74) is 1.93. The minimum absolute atomic E-state index is 0.348. The number of nitrogens with zero attached hydrogens (tertiary/aromatic N) is 1. The van der Waals surface area contributed by atoms with Crippen LogP contribution >= 0.6 is 11.6 Å². The summed E-state index contributed by atoms with van der Waals surface area (Å²) < 4.78 is 27.1. The molecular formula is C15H20ClNO2S. The fourth-order valence-corrected chi connectivity index (χ4v) is 5.38. The quantitative estimate of drug-likeness (QED) is 0.804. The predicted octanol–water partition coefficient (Wildman–Crippen LogP) is 3.15. The van der Waals surface area contributed by atoms with Gasteiger partial charge in [-0.05, 0) is 54.9 Å². The first-order chi connectivity index (χ1) is 9.52. The van der Waals surface area contributed by atoms with Gasteiger partial charge in [-0.3, -0.25) is 0 Å². The minimum Gasteiger partial charge on any atom is -0.207 e. The number of rotatable bonds is 3. The summed E-state index contributed by atoms with van der Waals surface area (Å²) in [5.74, 6) is 1.49. The van der Waals surface area contributed by atoms with Crippen LogP contribution in [0.2, 0.25) is 0 Å². The van der Waals surface area contributed by atoms with Gasteiger partial charge in [-0.2, -0.15) is 4.31 Å². The Labute approximate surface area is 126 Å². The molecule has 2 unspecified atom stereocenters. The Kier molecular flexibility index (Phi) is 3.82. The highest BCUT2D eigenvalue weighted by atomic mass is 35.5. The molecule has 0 amide bonds. The minimum atomic E-state index is -3.36. The highest BCUT2D eigenvalue weighted by molar-refractivity contribution is 7.89.